The monoisotopic (exact) mass is 362 g/mol. The van der Waals surface area contributed by atoms with E-state index in [9.17, 15) is 22.8 Å². The minimum Gasteiger partial charge on any atom is -0.326 e. The van der Waals surface area contributed by atoms with Gasteiger partial charge in [0.15, 0.2) is 0 Å². The van der Waals surface area contributed by atoms with E-state index in [0.717, 1.165) is 17.7 Å². The van der Waals surface area contributed by atoms with E-state index in [4.69, 9.17) is 0 Å². The molecule has 1 aliphatic rings. The largest absolute Gasteiger partial charge is 0.416 e. The van der Waals surface area contributed by atoms with Crippen LogP contribution in [0.5, 0.6) is 0 Å². The van der Waals surface area contributed by atoms with Gasteiger partial charge in [-0.2, -0.15) is 13.2 Å². The molecule has 1 aliphatic heterocycles. The number of hydrogen-bond acceptors (Lipinski definition) is 2. The molecule has 26 heavy (non-hydrogen) atoms. The summed E-state index contributed by atoms with van der Waals surface area (Å²) in [5.41, 5.74) is 1.22. The number of benzene rings is 2. The van der Waals surface area contributed by atoms with E-state index in [1.807, 2.05) is 25.1 Å². The Bertz CT molecular complexity index is 831. The van der Waals surface area contributed by atoms with Crippen molar-refractivity contribution < 1.29 is 22.8 Å². The maximum atomic E-state index is 12.6. The van der Waals surface area contributed by atoms with Crippen LogP contribution >= 0.6 is 0 Å². The van der Waals surface area contributed by atoms with Crippen molar-refractivity contribution >= 4 is 23.2 Å². The Morgan fingerprint density at radius 2 is 1.85 bits per heavy atom. The maximum absolute atomic E-state index is 12.6. The number of hydrogen-bond donors (Lipinski definition) is 1. The van der Waals surface area contributed by atoms with Gasteiger partial charge in [0, 0.05) is 24.3 Å². The first kappa shape index (κ1) is 18.0. The number of anilines is 2. The van der Waals surface area contributed by atoms with Gasteiger partial charge in [-0.15, -0.1) is 0 Å². The summed E-state index contributed by atoms with van der Waals surface area (Å²) in [6.45, 7) is 2.04. The molecule has 1 atom stereocenters. The van der Waals surface area contributed by atoms with Gasteiger partial charge in [0.1, 0.15) is 0 Å². The second-order valence-electron chi connectivity index (χ2n) is 6.31. The number of carbonyl (C=O) groups excluding carboxylic acids is 2. The predicted octanol–water partition coefficient (Wildman–Crippen LogP) is 4.01. The first-order valence-electron chi connectivity index (χ1n) is 8.09. The molecule has 136 valence electrons. The van der Waals surface area contributed by atoms with Gasteiger partial charge in [0.05, 0.1) is 11.5 Å². The summed E-state index contributed by atoms with van der Waals surface area (Å²) in [7, 11) is 0. The zero-order valence-corrected chi connectivity index (χ0v) is 14.0. The number of aryl methyl sites for hydroxylation is 1. The number of alkyl halides is 3. The van der Waals surface area contributed by atoms with Gasteiger partial charge in [-0.1, -0.05) is 12.1 Å². The third-order valence-electron chi connectivity index (χ3n) is 4.29. The molecular weight excluding hydrogens is 345 g/mol. The van der Waals surface area contributed by atoms with E-state index in [0.29, 0.717) is 11.4 Å². The number of rotatable bonds is 3. The summed E-state index contributed by atoms with van der Waals surface area (Å²) < 4.78 is 37.9. The van der Waals surface area contributed by atoms with Crippen LogP contribution in [0.3, 0.4) is 0 Å². The third-order valence-corrected chi connectivity index (χ3v) is 4.29. The van der Waals surface area contributed by atoms with Gasteiger partial charge in [0.25, 0.3) is 0 Å². The Labute approximate surface area is 148 Å². The van der Waals surface area contributed by atoms with E-state index in [-0.39, 0.29) is 24.8 Å². The van der Waals surface area contributed by atoms with Crippen molar-refractivity contribution in [1.29, 1.82) is 0 Å². The van der Waals surface area contributed by atoms with Gasteiger partial charge >= 0.3 is 6.18 Å². The predicted molar refractivity (Wildman–Crippen MR) is 91.7 cm³/mol. The van der Waals surface area contributed by atoms with E-state index in [1.165, 1.54) is 17.0 Å². The molecule has 0 bridgehead atoms. The fraction of sp³-hybridized carbons (Fsp3) is 0.263. The van der Waals surface area contributed by atoms with Crippen molar-refractivity contribution in [2.45, 2.75) is 19.5 Å². The summed E-state index contributed by atoms with van der Waals surface area (Å²) in [6, 6.07) is 11.7. The standard InChI is InChI=1S/C19H17F3N2O2/c1-12-3-2-4-15(9-12)23-18(26)13-10-17(25)24(11-13)16-7-5-14(6-8-16)19(20,21)22/h2-9,13H,10-11H2,1H3,(H,23,26). The third kappa shape index (κ3) is 3.87. The van der Waals surface area contributed by atoms with E-state index in [2.05, 4.69) is 5.32 Å². The van der Waals surface area contributed by atoms with Gasteiger partial charge in [0.2, 0.25) is 11.8 Å². The van der Waals surface area contributed by atoms with E-state index >= 15 is 0 Å². The molecule has 1 fully saturated rings. The van der Waals surface area contributed by atoms with E-state index < -0.39 is 17.7 Å². The van der Waals surface area contributed by atoms with Gasteiger partial charge in [-0.3, -0.25) is 9.59 Å². The molecule has 0 radical (unpaired) electrons. The van der Waals surface area contributed by atoms with Crippen LogP contribution in [0.4, 0.5) is 24.5 Å². The van der Waals surface area contributed by atoms with Crippen LogP contribution in [0.25, 0.3) is 0 Å². The molecule has 2 amide bonds. The maximum Gasteiger partial charge on any atom is 0.416 e. The highest BCUT2D eigenvalue weighted by atomic mass is 19.4. The zero-order chi connectivity index (χ0) is 18.9. The van der Waals surface area contributed by atoms with Crippen LogP contribution in [-0.4, -0.2) is 18.4 Å². The van der Waals surface area contributed by atoms with Crippen LogP contribution in [0.2, 0.25) is 0 Å². The normalized spacial score (nSPS) is 17.5. The summed E-state index contributed by atoms with van der Waals surface area (Å²) in [6.07, 6.45) is -4.40. The second-order valence-corrected chi connectivity index (χ2v) is 6.31. The average Bonchev–Trinajstić information content (AvgIpc) is 2.96. The molecule has 0 aromatic heterocycles. The minimum absolute atomic E-state index is 0.0265. The van der Waals surface area contributed by atoms with Crippen molar-refractivity contribution in [2.75, 3.05) is 16.8 Å². The Morgan fingerprint density at radius 3 is 2.46 bits per heavy atom. The number of amides is 2. The lowest BCUT2D eigenvalue weighted by Crippen LogP contribution is -2.28. The van der Waals surface area contributed by atoms with Crippen LogP contribution in [-0.2, 0) is 15.8 Å². The topological polar surface area (TPSA) is 49.4 Å². The van der Waals surface area contributed by atoms with Crippen LogP contribution < -0.4 is 10.2 Å². The van der Waals surface area contributed by atoms with Crippen molar-refractivity contribution in [3.63, 3.8) is 0 Å². The lowest BCUT2D eigenvalue weighted by atomic mass is 10.1. The molecule has 0 aliphatic carbocycles. The van der Waals surface area contributed by atoms with Crippen molar-refractivity contribution in [3.8, 4) is 0 Å². The lowest BCUT2D eigenvalue weighted by molar-refractivity contribution is -0.137. The number of nitrogens with zero attached hydrogens (tertiary/aromatic N) is 1. The van der Waals surface area contributed by atoms with Crippen LogP contribution in [0, 0.1) is 12.8 Å². The molecule has 1 N–H and O–H groups in total. The number of nitrogens with one attached hydrogen (secondary N) is 1. The Kier molecular flexibility index (Phi) is 4.71. The van der Waals surface area contributed by atoms with Crippen molar-refractivity contribution in [1.82, 2.24) is 0 Å². The number of carbonyl (C=O) groups is 2. The summed E-state index contributed by atoms with van der Waals surface area (Å²) in [4.78, 5) is 25.9. The molecule has 1 unspecified atom stereocenters. The fourth-order valence-corrected chi connectivity index (χ4v) is 2.93. The Hall–Kier alpha value is -2.83. The molecule has 0 spiro atoms. The fourth-order valence-electron chi connectivity index (χ4n) is 2.93. The first-order valence-corrected chi connectivity index (χ1v) is 8.09. The average molecular weight is 362 g/mol. The Balaban J connectivity index is 1.69. The number of halogens is 3. The molecule has 1 heterocycles. The van der Waals surface area contributed by atoms with Crippen molar-refractivity contribution in [2.24, 2.45) is 5.92 Å². The highest BCUT2D eigenvalue weighted by molar-refractivity contribution is 6.03. The lowest BCUT2D eigenvalue weighted by Gasteiger charge is -2.17. The minimum atomic E-state index is -4.43. The highest BCUT2D eigenvalue weighted by Gasteiger charge is 2.36. The van der Waals surface area contributed by atoms with Crippen LogP contribution in [0.15, 0.2) is 48.5 Å². The molecule has 3 rings (SSSR count). The Morgan fingerprint density at radius 1 is 1.15 bits per heavy atom. The van der Waals surface area contributed by atoms with Crippen LogP contribution in [0.1, 0.15) is 17.5 Å². The molecule has 4 nitrogen and oxygen atoms in total. The molecular formula is C19H17F3N2O2. The summed E-state index contributed by atoms with van der Waals surface area (Å²) in [5.74, 6) is -1.11. The molecule has 7 heteroatoms. The molecule has 2 aromatic rings. The summed E-state index contributed by atoms with van der Waals surface area (Å²) in [5, 5.41) is 2.78. The first-order chi connectivity index (χ1) is 12.2. The van der Waals surface area contributed by atoms with Gasteiger partial charge < -0.3 is 10.2 Å². The van der Waals surface area contributed by atoms with Gasteiger partial charge in [-0.25, -0.2) is 0 Å². The highest BCUT2D eigenvalue weighted by Crippen LogP contribution is 2.32. The zero-order valence-electron chi connectivity index (χ0n) is 14.0. The molecule has 2 aromatic carbocycles. The summed E-state index contributed by atoms with van der Waals surface area (Å²) >= 11 is 0. The second kappa shape index (κ2) is 6.82. The SMILES string of the molecule is Cc1cccc(NC(=O)C2CC(=O)N(c3ccc(C(F)(F)F)cc3)C2)c1. The molecule has 0 saturated carbocycles. The van der Waals surface area contributed by atoms with E-state index in [1.54, 1.807) is 6.07 Å². The van der Waals surface area contributed by atoms with Gasteiger partial charge in [-0.05, 0) is 48.9 Å². The smallest absolute Gasteiger partial charge is 0.326 e. The molecule has 1 saturated heterocycles. The van der Waals surface area contributed by atoms with Crippen molar-refractivity contribution in [3.05, 3.63) is 59.7 Å². The quantitative estimate of drug-likeness (QED) is 0.897.